The van der Waals surface area contributed by atoms with Crippen molar-refractivity contribution in [2.75, 3.05) is 6.54 Å². The maximum atomic E-state index is 11.7. The molecule has 5 nitrogen and oxygen atoms in total. The Morgan fingerprint density at radius 2 is 2.19 bits per heavy atom. The largest absolute Gasteiger partial charge is 0.444 e. The van der Waals surface area contributed by atoms with Crippen molar-refractivity contribution in [3.63, 3.8) is 0 Å². The number of hydrogen-bond donors (Lipinski definition) is 2. The topological polar surface area (TPSA) is 63.2 Å². The van der Waals surface area contributed by atoms with E-state index in [-0.39, 0.29) is 12.1 Å². The van der Waals surface area contributed by atoms with Crippen LogP contribution in [0.1, 0.15) is 45.0 Å². The zero-order valence-electron chi connectivity index (χ0n) is 13.0. The Hall–Kier alpha value is -1.14. The highest BCUT2D eigenvalue weighted by Gasteiger charge is 2.27. The van der Waals surface area contributed by atoms with E-state index in [2.05, 4.69) is 15.6 Å². The Bertz CT molecular complexity index is 442. The molecule has 1 aromatic heterocycles. The molecule has 1 amide bonds. The number of rotatable bonds is 5. The van der Waals surface area contributed by atoms with Crippen LogP contribution in [0.3, 0.4) is 0 Å². The lowest BCUT2D eigenvalue weighted by Gasteiger charge is -2.21. The summed E-state index contributed by atoms with van der Waals surface area (Å²) in [5.74, 6) is 0. The van der Waals surface area contributed by atoms with E-state index in [1.165, 1.54) is 5.01 Å². The lowest BCUT2D eigenvalue weighted by Crippen LogP contribution is -2.39. The quantitative estimate of drug-likeness (QED) is 0.877. The van der Waals surface area contributed by atoms with Gasteiger partial charge in [-0.1, -0.05) is 0 Å². The van der Waals surface area contributed by atoms with Crippen LogP contribution in [0.4, 0.5) is 4.79 Å². The summed E-state index contributed by atoms with van der Waals surface area (Å²) in [7, 11) is 0. The van der Waals surface area contributed by atoms with Gasteiger partial charge in [-0.3, -0.25) is 0 Å². The van der Waals surface area contributed by atoms with Crippen LogP contribution in [0.5, 0.6) is 0 Å². The molecule has 118 valence electrons. The van der Waals surface area contributed by atoms with Crippen molar-refractivity contribution in [3.05, 3.63) is 16.6 Å². The fourth-order valence-electron chi connectivity index (χ4n) is 2.53. The number of carbonyl (C=O) groups excluding carboxylic acids is 1. The number of aromatic nitrogens is 1. The molecule has 1 fully saturated rings. The molecule has 1 aliphatic rings. The van der Waals surface area contributed by atoms with Crippen LogP contribution in [0.2, 0.25) is 0 Å². The number of amides is 1. The number of nitrogens with zero attached hydrogens (tertiary/aromatic N) is 1. The predicted octanol–water partition coefficient (Wildman–Crippen LogP) is 2.72. The molecule has 0 aromatic carbocycles. The Morgan fingerprint density at radius 1 is 1.43 bits per heavy atom. The van der Waals surface area contributed by atoms with Gasteiger partial charge >= 0.3 is 6.09 Å². The molecule has 0 aliphatic heterocycles. The van der Waals surface area contributed by atoms with Crippen LogP contribution in [0.25, 0.3) is 0 Å². The normalized spacial score (nSPS) is 22.2. The van der Waals surface area contributed by atoms with Gasteiger partial charge in [-0.2, -0.15) is 0 Å². The highest BCUT2D eigenvalue weighted by molar-refractivity contribution is 7.09. The molecular weight excluding hydrogens is 286 g/mol. The maximum absolute atomic E-state index is 11.7. The minimum absolute atomic E-state index is 0.220. The molecule has 6 heteroatoms. The zero-order chi connectivity index (χ0) is 15.3. The van der Waals surface area contributed by atoms with Crippen molar-refractivity contribution in [1.29, 1.82) is 0 Å². The molecule has 0 bridgehead atoms. The summed E-state index contributed by atoms with van der Waals surface area (Å²) in [6, 6.07) is 0.696. The summed E-state index contributed by atoms with van der Waals surface area (Å²) >= 11 is 1.69. The monoisotopic (exact) mass is 311 g/mol. The molecule has 2 atom stereocenters. The van der Waals surface area contributed by atoms with Crippen molar-refractivity contribution in [3.8, 4) is 0 Å². The van der Waals surface area contributed by atoms with Crippen molar-refractivity contribution in [1.82, 2.24) is 15.6 Å². The summed E-state index contributed by atoms with van der Waals surface area (Å²) < 4.78 is 5.29. The first kappa shape index (κ1) is 16.2. The molecule has 2 N–H and O–H groups in total. The first-order chi connectivity index (χ1) is 9.92. The first-order valence-electron chi connectivity index (χ1n) is 7.53. The van der Waals surface area contributed by atoms with Gasteiger partial charge in [0.25, 0.3) is 0 Å². The van der Waals surface area contributed by atoms with Gasteiger partial charge in [0.2, 0.25) is 0 Å². The molecule has 0 saturated heterocycles. The second-order valence-electron chi connectivity index (χ2n) is 6.48. The molecule has 21 heavy (non-hydrogen) atoms. The average Bonchev–Trinajstić information content (AvgIpc) is 2.98. The highest BCUT2D eigenvalue weighted by atomic mass is 32.1. The van der Waals surface area contributed by atoms with Gasteiger partial charge in [-0.05, 0) is 40.0 Å². The van der Waals surface area contributed by atoms with Crippen LogP contribution >= 0.6 is 11.3 Å². The zero-order valence-corrected chi connectivity index (χ0v) is 13.8. The molecular formula is C15H25N3O2S. The van der Waals surface area contributed by atoms with Crippen LogP contribution in [0.15, 0.2) is 11.6 Å². The van der Waals surface area contributed by atoms with E-state index < -0.39 is 5.60 Å². The van der Waals surface area contributed by atoms with E-state index in [0.29, 0.717) is 6.04 Å². The molecule has 0 radical (unpaired) electrons. The number of thiazole rings is 1. The first-order valence-corrected chi connectivity index (χ1v) is 8.41. The minimum Gasteiger partial charge on any atom is -0.444 e. The van der Waals surface area contributed by atoms with Gasteiger partial charge < -0.3 is 15.4 Å². The Balaban J connectivity index is 1.63. The van der Waals surface area contributed by atoms with E-state index >= 15 is 0 Å². The number of carbonyl (C=O) groups is 1. The molecule has 1 heterocycles. The van der Waals surface area contributed by atoms with Gasteiger partial charge in [0.1, 0.15) is 5.60 Å². The molecule has 2 rings (SSSR count). The highest BCUT2D eigenvalue weighted by Crippen LogP contribution is 2.20. The van der Waals surface area contributed by atoms with Gasteiger partial charge in [-0.25, -0.2) is 9.78 Å². The van der Waals surface area contributed by atoms with Crippen LogP contribution in [-0.4, -0.2) is 35.3 Å². The molecule has 2 unspecified atom stereocenters. The van der Waals surface area contributed by atoms with E-state index in [0.717, 1.165) is 32.2 Å². The lowest BCUT2D eigenvalue weighted by atomic mass is 10.2. The standard InChI is InChI=1S/C15H25N3O2S/c1-15(2,3)20-14(19)18-12-5-4-11(10-12)16-7-6-13-17-8-9-21-13/h8-9,11-12,16H,4-7,10H2,1-3H3,(H,18,19). The minimum atomic E-state index is -0.436. The predicted molar refractivity (Wildman–Crippen MR) is 84.6 cm³/mol. The van der Waals surface area contributed by atoms with Gasteiger partial charge in [0, 0.05) is 36.6 Å². The lowest BCUT2D eigenvalue weighted by molar-refractivity contribution is 0.0505. The third-order valence-electron chi connectivity index (χ3n) is 3.41. The fraction of sp³-hybridized carbons (Fsp3) is 0.733. The van der Waals surface area contributed by atoms with E-state index in [1.54, 1.807) is 11.3 Å². The Morgan fingerprint density at radius 3 is 2.86 bits per heavy atom. The fourth-order valence-corrected chi connectivity index (χ4v) is 3.15. The number of alkyl carbamates (subject to hydrolysis) is 1. The van der Waals surface area contributed by atoms with Crippen LogP contribution < -0.4 is 10.6 Å². The van der Waals surface area contributed by atoms with E-state index in [1.807, 2.05) is 32.3 Å². The number of ether oxygens (including phenoxy) is 1. The number of nitrogens with one attached hydrogen (secondary N) is 2. The average molecular weight is 311 g/mol. The van der Waals surface area contributed by atoms with Crippen molar-refractivity contribution in [2.45, 2.75) is 64.1 Å². The molecule has 1 aliphatic carbocycles. The van der Waals surface area contributed by atoms with E-state index in [4.69, 9.17) is 4.74 Å². The molecule has 1 aromatic rings. The van der Waals surface area contributed by atoms with Crippen LogP contribution in [-0.2, 0) is 11.2 Å². The summed E-state index contributed by atoms with van der Waals surface area (Å²) in [6.07, 6.45) is 5.58. The maximum Gasteiger partial charge on any atom is 0.407 e. The van der Waals surface area contributed by atoms with Gasteiger partial charge in [0.15, 0.2) is 0 Å². The van der Waals surface area contributed by atoms with Gasteiger partial charge in [-0.15, -0.1) is 11.3 Å². The number of hydrogen-bond acceptors (Lipinski definition) is 5. The molecule has 1 saturated carbocycles. The van der Waals surface area contributed by atoms with Gasteiger partial charge in [0.05, 0.1) is 5.01 Å². The Kier molecular flexibility index (Phi) is 5.58. The summed E-state index contributed by atoms with van der Waals surface area (Å²) in [5, 5.41) is 9.68. The summed E-state index contributed by atoms with van der Waals surface area (Å²) in [5.41, 5.74) is -0.436. The van der Waals surface area contributed by atoms with Crippen LogP contribution in [0, 0.1) is 0 Å². The second-order valence-corrected chi connectivity index (χ2v) is 7.46. The third-order valence-corrected chi connectivity index (χ3v) is 4.25. The smallest absolute Gasteiger partial charge is 0.407 e. The second kappa shape index (κ2) is 7.22. The Labute approximate surface area is 130 Å². The summed E-state index contributed by atoms with van der Waals surface area (Å²) in [6.45, 7) is 6.58. The SMILES string of the molecule is CC(C)(C)OC(=O)NC1CCC(NCCc2nccs2)C1. The third kappa shape index (κ3) is 6.01. The summed E-state index contributed by atoms with van der Waals surface area (Å²) in [4.78, 5) is 16.0. The van der Waals surface area contributed by atoms with Crippen molar-refractivity contribution < 1.29 is 9.53 Å². The van der Waals surface area contributed by atoms with Crippen molar-refractivity contribution >= 4 is 17.4 Å². The molecule has 0 spiro atoms. The van der Waals surface area contributed by atoms with E-state index in [9.17, 15) is 4.79 Å². The van der Waals surface area contributed by atoms with Crippen molar-refractivity contribution in [2.24, 2.45) is 0 Å².